The van der Waals surface area contributed by atoms with Crippen molar-refractivity contribution in [2.24, 2.45) is 0 Å². The van der Waals surface area contributed by atoms with Gasteiger partial charge in [-0.3, -0.25) is 0 Å². The molecule has 0 unspecified atom stereocenters. The van der Waals surface area contributed by atoms with Crippen LogP contribution in [-0.2, 0) is 13.0 Å². The molecular weight excluding hydrogens is 334 g/mol. The van der Waals surface area contributed by atoms with Crippen LogP contribution < -0.4 is 5.32 Å². The maximum Gasteiger partial charge on any atom is 0.335 e. The molecule has 0 aliphatic rings. The van der Waals surface area contributed by atoms with Gasteiger partial charge in [0, 0.05) is 17.3 Å². The van der Waals surface area contributed by atoms with Gasteiger partial charge in [0.2, 0.25) is 0 Å². The summed E-state index contributed by atoms with van der Waals surface area (Å²) in [5, 5.41) is 13.0. The monoisotopic (exact) mass is 351 g/mol. The van der Waals surface area contributed by atoms with Crippen molar-refractivity contribution in [1.29, 1.82) is 0 Å². The maximum atomic E-state index is 10.9. The van der Waals surface area contributed by atoms with Gasteiger partial charge >= 0.3 is 5.97 Å². The summed E-state index contributed by atoms with van der Waals surface area (Å²) in [6, 6.07) is 23.0. The molecule has 0 amide bonds. The van der Waals surface area contributed by atoms with Crippen LogP contribution in [0.5, 0.6) is 0 Å². The second-order valence-electron chi connectivity index (χ2n) is 5.86. The summed E-state index contributed by atoms with van der Waals surface area (Å²) in [6.45, 7) is 0.676. The predicted octanol–water partition coefficient (Wildman–Crippen LogP) is 5.24. The van der Waals surface area contributed by atoms with E-state index in [0.717, 1.165) is 17.1 Å². The van der Waals surface area contributed by atoms with E-state index in [9.17, 15) is 4.79 Å². The smallest absolute Gasteiger partial charge is 0.335 e. The first-order chi connectivity index (χ1) is 12.1. The van der Waals surface area contributed by atoms with Gasteiger partial charge in [0.25, 0.3) is 0 Å². The Morgan fingerprint density at radius 2 is 1.52 bits per heavy atom. The first-order valence-electron chi connectivity index (χ1n) is 8.00. The summed E-state index contributed by atoms with van der Waals surface area (Å²) in [5.41, 5.74) is 4.76. The zero-order valence-electron chi connectivity index (χ0n) is 13.6. The Hall–Kier alpha value is -2.78. The Morgan fingerprint density at radius 1 is 0.880 bits per heavy atom. The molecule has 0 bridgehead atoms. The molecule has 4 heteroatoms. The minimum absolute atomic E-state index is 0.286. The number of carbonyl (C=O) groups is 1. The van der Waals surface area contributed by atoms with Gasteiger partial charge in [-0.2, -0.15) is 0 Å². The van der Waals surface area contributed by atoms with Gasteiger partial charge in [-0.15, -0.1) is 0 Å². The first kappa shape index (κ1) is 17.1. The molecule has 0 spiro atoms. The van der Waals surface area contributed by atoms with Crippen molar-refractivity contribution < 1.29 is 9.90 Å². The molecule has 0 saturated carbocycles. The van der Waals surface area contributed by atoms with E-state index in [1.165, 1.54) is 16.7 Å². The minimum atomic E-state index is -0.916. The minimum Gasteiger partial charge on any atom is -0.478 e. The molecule has 3 aromatic rings. The van der Waals surface area contributed by atoms with Crippen LogP contribution in [0.2, 0.25) is 5.02 Å². The molecule has 0 saturated heterocycles. The predicted molar refractivity (Wildman–Crippen MR) is 101 cm³/mol. The van der Waals surface area contributed by atoms with Crippen LogP contribution in [0.1, 0.15) is 27.0 Å². The van der Waals surface area contributed by atoms with E-state index in [1.807, 2.05) is 24.3 Å². The Morgan fingerprint density at radius 3 is 2.20 bits per heavy atom. The van der Waals surface area contributed by atoms with Crippen molar-refractivity contribution in [2.75, 3.05) is 5.32 Å². The van der Waals surface area contributed by atoms with E-state index in [2.05, 4.69) is 29.6 Å². The molecule has 0 radical (unpaired) electrons. The van der Waals surface area contributed by atoms with Gasteiger partial charge in [-0.05, 0) is 59.5 Å². The van der Waals surface area contributed by atoms with E-state index in [0.29, 0.717) is 6.54 Å². The highest BCUT2D eigenvalue weighted by atomic mass is 35.5. The van der Waals surface area contributed by atoms with Gasteiger partial charge in [-0.1, -0.05) is 48.0 Å². The fourth-order valence-corrected chi connectivity index (χ4v) is 2.88. The van der Waals surface area contributed by atoms with Crippen molar-refractivity contribution in [1.82, 2.24) is 0 Å². The van der Waals surface area contributed by atoms with Crippen LogP contribution in [0.3, 0.4) is 0 Å². The number of rotatable bonds is 6. The van der Waals surface area contributed by atoms with Gasteiger partial charge in [-0.25, -0.2) is 4.79 Å². The number of hydrogen-bond donors (Lipinski definition) is 2. The van der Waals surface area contributed by atoms with Crippen LogP contribution in [0.15, 0.2) is 72.8 Å². The lowest BCUT2D eigenvalue weighted by Gasteiger charge is -2.09. The fraction of sp³-hybridized carbons (Fsp3) is 0.0952. The fourth-order valence-electron chi connectivity index (χ4n) is 2.67. The molecular formula is C21H18ClNO2. The Labute approximate surface area is 151 Å². The third-order valence-corrected chi connectivity index (χ3v) is 4.15. The van der Waals surface area contributed by atoms with Crippen LogP contribution in [0.25, 0.3) is 0 Å². The van der Waals surface area contributed by atoms with Crippen molar-refractivity contribution >= 4 is 23.3 Å². The standard InChI is InChI=1S/C21H18ClNO2/c22-19-6-2-4-16(13-19)11-15-3-1-5-17(12-15)14-23-20-9-7-18(8-10-20)21(24)25/h1-10,12-13,23H,11,14H2,(H,24,25). The molecule has 3 rings (SSSR count). The lowest BCUT2D eigenvalue weighted by Crippen LogP contribution is -2.01. The number of halogens is 1. The largest absolute Gasteiger partial charge is 0.478 e. The van der Waals surface area contributed by atoms with E-state index >= 15 is 0 Å². The molecule has 3 nitrogen and oxygen atoms in total. The average molecular weight is 352 g/mol. The summed E-state index contributed by atoms with van der Waals surface area (Å²) >= 11 is 6.04. The van der Waals surface area contributed by atoms with Gasteiger partial charge in [0.1, 0.15) is 0 Å². The number of benzene rings is 3. The van der Waals surface area contributed by atoms with Crippen molar-refractivity contribution in [3.8, 4) is 0 Å². The van der Waals surface area contributed by atoms with E-state index in [-0.39, 0.29) is 5.56 Å². The van der Waals surface area contributed by atoms with Gasteiger partial charge in [0.05, 0.1) is 5.56 Å². The molecule has 0 atom stereocenters. The number of carboxylic acid groups (broad SMARTS) is 1. The number of anilines is 1. The first-order valence-corrected chi connectivity index (χ1v) is 8.37. The Bertz CT molecular complexity index is 875. The average Bonchev–Trinajstić information content (AvgIpc) is 2.61. The molecule has 3 aromatic carbocycles. The van der Waals surface area contributed by atoms with Crippen molar-refractivity contribution in [3.05, 3.63) is 100 Å². The zero-order valence-corrected chi connectivity index (χ0v) is 14.3. The number of aromatic carboxylic acids is 1. The summed E-state index contributed by atoms with van der Waals surface area (Å²) < 4.78 is 0. The molecule has 2 N–H and O–H groups in total. The highest BCUT2D eigenvalue weighted by Gasteiger charge is 2.02. The number of nitrogens with one attached hydrogen (secondary N) is 1. The molecule has 126 valence electrons. The number of carboxylic acids is 1. The molecule has 0 aromatic heterocycles. The van der Waals surface area contributed by atoms with Crippen LogP contribution >= 0.6 is 11.6 Å². The summed E-state index contributed by atoms with van der Waals surface area (Å²) in [7, 11) is 0. The second kappa shape index (κ2) is 7.86. The quantitative estimate of drug-likeness (QED) is 0.638. The summed E-state index contributed by atoms with van der Waals surface area (Å²) in [4.78, 5) is 10.9. The number of hydrogen-bond acceptors (Lipinski definition) is 2. The molecule has 25 heavy (non-hydrogen) atoms. The van der Waals surface area contributed by atoms with Crippen molar-refractivity contribution in [3.63, 3.8) is 0 Å². The normalized spacial score (nSPS) is 10.4. The highest BCUT2D eigenvalue weighted by Crippen LogP contribution is 2.17. The third-order valence-electron chi connectivity index (χ3n) is 3.92. The topological polar surface area (TPSA) is 49.3 Å². The molecule has 0 aliphatic carbocycles. The highest BCUT2D eigenvalue weighted by molar-refractivity contribution is 6.30. The van der Waals surface area contributed by atoms with E-state index in [4.69, 9.17) is 16.7 Å². The Kier molecular flexibility index (Phi) is 5.36. The molecule has 0 aliphatic heterocycles. The van der Waals surface area contributed by atoms with E-state index < -0.39 is 5.97 Å². The lowest BCUT2D eigenvalue weighted by molar-refractivity contribution is 0.0697. The molecule has 0 fully saturated rings. The van der Waals surface area contributed by atoms with Crippen LogP contribution in [-0.4, -0.2) is 11.1 Å². The summed E-state index contributed by atoms with van der Waals surface area (Å²) in [5.74, 6) is -0.916. The zero-order chi connectivity index (χ0) is 17.6. The van der Waals surface area contributed by atoms with Crippen LogP contribution in [0.4, 0.5) is 5.69 Å². The third kappa shape index (κ3) is 4.85. The van der Waals surface area contributed by atoms with Gasteiger partial charge in [0.15, 0.2) is 0 Å². The maximum absolute atomic E-state index is 10.9. The van der Waals surface area contributed by atoms with Crippen molar-refractivity contribution in [2.45, 2.75) is 13.0 Å². The lowest BCUT2D eigenvalue weighted by atomic mass is 10.0. The Balaban J connectivity index is 1.64. The SMILES string of the molecule is O=C(O)c1ccc(NCc2cccc(Cc3cccc(Cl)c3)c2)cc1. The van der Waals surface area contributed by atoms with Crippen LogP contribution in [0, 0.1) is 0 Å². The second-order valence-corrected chi connectivity index (χ2v) is 6.30. The molecule has 0 heterocycles. The van der Waals surface area contributed by atoms with E-state index in [1.54, 1.807) is 24.3 Å². The summed E-state index contributed by atoms with van der Waals surface area (Å²) in [6.07, 6.45) is 0.835. The van der Waals surface area contributed by atoms with Gasteiger partial charge < -0.3 is 10.4 Å².